The molecule has 0 unspecified atom stereocenters. The Bertz CT molecular complexity index is 440. The Balaban J connectivity index is 1.99. The van der Waals surface area contributed by atoms with Crippen LogP contribution >= 0.6 is 0 Å². The zero-order chi connectivity index (χ0) is 11.2. The largest absolute Gasteiger partial charge is 0.379 e. The van der Waals surface area contributed by atoms with Gasteiger partial charge < -0.3 is 11.1 Å². The third-order valence-corrected chi connectivity index (χ3v) is 2.36. The number of aromatic nitrogens is 1. The molecule has 3 heteroatoms. The van der Waals surface area contributed by atoms with Crippen LogP contribution < -0.4 is 11.1 Å². The Labute approximate surface area is 95.3 Å². The lowest BCUT2D eigenvalue weighted by Gasteiger charge is -2.06. The molecule has 0 aliphatic carbocycles. The molecule has 0 saturated carbocycles. The summed E-state index contributed by atoms with van der Waals surface area (Å²) >= 11 is 0. The van der Waals surface area contributed by atoms with E-state index in [0.717, 1.165) is 23.5 Å². The van der Waals surface area contributed by atoms with Crippen LogP contribution in [0.25, 0.3) is 0 Å². The summed E-state index contributed by atoms with van der Waals surface area (Å²) in [5.74, 6) is 0. The number of hydrogen-bond acceptors (Lipinski definition) is 3. The summed E-state index contributed by atoms with van der Waals surface area (Å²) in [6, 6.07) is 14.0. The first-order valence-corrected chi connectivity index (χ1v) is 5.31. The van der Waals surface area contributed by atoms with Gasteiger partial charge in [-0.2, -0.15) is 0 Å². The highest BCUT2D eigenvalue weighted by molar-refractivity contribution is 5.42. The molecule has 0 spiro atoms. The van der Waals surface area contributed by atoms with Crippen molar-refractivity contribution in [1.29, 1.82) is 0 Å². The van der Waals surface area contributed by atoms with Gasteiger partial charge in [0.2, 0.25) is 0 Å². The Kier molecular flexibility index (Phi) is 3.51. The molecule has 2 aromatic rings. The van der Waals surface area contributed by atoms with Crippen LogP contribution in [-0.4, -0.2) is 4.98 Å². The van der Waals surface area contributed by atoms with Crippen molar-refractivity contribution in [3.05, 3.63) is 59.9 Å². The van der Waals surface area contributed by atoms with E-state index in [-0.39, 0.29) is 0 Å². The molecule has 0 amide bonds. The van der Waals surface area contributed by atoms with Crippen molar-refractivity contribution in [3.8, 4) is 0 Å². The van der Waals surface area contributed by atoms with Crippen molar-refractivity contribution >= 4 is 5.69 Å². The van der Waals surface area contributed by atoms with Crippen LogP contribution in [0.5, 0.6) is 0 Å². The molecule has 0 bridgehead atoms. The smallest absolute Gasteiger partial charge is 0.0597 e. The normalized spacial score (nSPS) is 10.1. The minimum Gasteiger partial charge on any atom is -0.379 e. The lowest BCUT2D eigenvalue weighted by atomic mass is 10.2. The zero-order valence-electron chi connectivity index (χ0n) is 9.06. The van der Waals surface area contributed by atoms with Gasteiger partial charge in [-0.1, -0.05) is 18.2 Å². The number of pyridine rings is 1. The van der Waals surface area contributed by atoms with Crippen LogP contribution in [0.2, 0.25) is 0 Å². The summed E-state index contributed by atoms with van der Waals surface area (Å²) in [6.45, 7) is 1.28. The minimum absolute atomic E-state index is 0.556. The van der Waals surface area contributed by atoms with E-state index in [1.54, 1.807) is 6.20 Å². The standard InChI is InChI=1S/C13H15N3/c14-9-11-6-7-15-13(8-11)10-16-12-4-2-1-3-5-12/h1-8,16H,9-10,14H2. The van der Waals surface area contributed by atoms with Crippen LogP contribution in [0.15, 0.2) is 48.7 Å². The van der Waals surface area contributed by atoms with Crippen LogP contribution in [0.3, 0.4) is 0 Å². The number of benzene rings is 1. The van der Waals surface area contributed by atoms with Crippen molar-refractivity contribution < 1.29 is 0 Å². The Morgan fingerprint density at radius 2 is 1.94 bits per heavy atom. The summed E-state index contributed by atoms with van der Waals surface area (Å²) in [6.07, 6.45) is 1.80. The quantitative estimate of drug-likeness (QED) is 0.818. The fourth-order valence-corrected chi connectivity index (χ4v) is 1.50. The maximum Gasteiger partial charge on any atom is 0.0597 e. The Hall–Kier alpha value is -1.87. The van der Waals surface area contributed by atoms with Gasteiger partial charge in [-0.3, -0.25) is 4.98 Å². The second kappa shape index (κ2) is 5.28. The predicted octanol–water partition coefficient (Wildman–Crippen LogP) is 2.15. The molecular formula is C13H15N3. The molecule has 1 aromatic carbocycles. The molecule has 2 rings (SSSR count). The van der Waals surface area contributed by atoms with Crippen molar-refractivity contribution in [3.63, 3.8) is 0 Å². The molecule has 0 aliphatic heterocycles. The molecule has 0 radical (unpaired) electrons. The molecule has 0 fully saturated rings. The van der Waals surface area contributed by atoms with E-state index in [4.69, 9.17) is 5.73 Å². The predicted molar refractivity (Wildman–Crippen MR) is 65.9 cm³/mol. The molecular weight excluding hydrogens is 198 g/mol. The van der Waals surface area contributed by atoms with E-state index in [0.29, 0.717) is 6.54 Å². The second-order valence-corrected chi connectivity index (χ2v) is 3.58. The van der Waals surface area contributed by atoms with E-state index < -0.39 is 0 Å². The number of hydrogen-bond donors (Lipinski definition) is 2. The van der Waals surface area contributed by atoms with E-state index >= 15 is 0 Å². The highest BCUT2D eigenvalue weighted by atomic mass is 14.9. The fraction of sp³-hybridized carbons (Fsp3) is 0.154. The number of nitrogens with one attached hydrogen (secondary N) is 1. The topological polar surface area (TPSA) is 50.9 Å². The number of nitrogens with two attached hydrogens (primary N) is 1. The monoisotopic (exact) mass is 213 g/mol. The van der Waals surface area contributed by atoms with Gasteiger partial charge in [-0.15, -0.1) is 0 Å². The summed E-state index contributed by atoms with van der Waals surface area (Å²) in [5.41, 5.74) is 8.79. The minimum atomic E-state index is 0.556. The van der Waals surface area contributed by atoms with Crippen molar-refractivity contribution in [2.24, 2.45) is 5.73 Å². The first-order valence-electron chi connectivity index (χ1n) is 5.31. The molecule has 3 N–H and O–H groups in total. The average Bonchev–Trinajstić information content (AvgIpc) is 2.38. The number of para-hydroxylation sites is 1. The maximum absolute atomic E-state index is 5.58. The van der Waals surface area contributed by atoms with Gasteiger partial charge in [0, 0.05) is 18.4 Å². The van der Waals surface area contributed by atoms with Crippen molar-refractivity contribution in [2.45, 2.75) is 13.1 Å². The van der Waals surface area contributed by atoms with Gasteiger partial charge in [0.05, 0.1) is 12.2 Å². The van der Waals surface area contributed by atoms with E-state index in [1.165, 1.54) is 0 Å². The van der Waals surface area contributed by atoms with Crippen LogP contribution in [0.4, 0.5) is 5.69 Å². The second-order valence-electron chi connectivity index (χ2n) is 3.58. The van der Waals surface area contributed by atoms with Crippen LogP contribution in [0.1, 0.15) is 11.3 Å². The lowest BCUT2D eigenvalue weighted by molar-refractivity contribution is 0.997. The van der Waals surface area contributed by atoms with Gasteiger partial charge in [-0.05, 0) is 29.8 Å². The fourth-order valence-electron chi connectivity index (χ4n) is 1.50. The van der Waals surface area contributed by atoms with Gasteiger partial charge in [0.25, 0.3) is 0 Å². The maximum atomic E-state index is 5.58. The third-order valence-electron chi connectivity index (χ3n) is 2.36. The molecule has 3 nitrogen and oxygen atoms in total. The van der Waals surface area contributed by atoms with E-state index in [9.17, 15) is 0 Å². The van der Waals surface area contributed by atoms with Crippen molar-refractivity contribution in [2.75, 3.05) is 5.32 Å². The first kappa shape index (κ1) is 10.6. The van der Waals surface area contributed by atoms with Gasteiger partial charge >= 0.3 is 0 Å². The summed E-state index contributed by atoms with van der Waals surface area (Å²) in [4.78, 5) is 4.28. The average molecular weight is 213 g/mol. The number of nitrogens with zero attached hydrogens (tertiary/aromatic N) is 1. The van der Waals surface area contributed by atoms with Gasteiger partial charge in [-0.25, -0.2) is 0 Å². The first-order chi connectivity index (χ1) is 7.88. The molecule has 1 heterocycles. The lowest BCUT2D eigenvalue weighted by Crippen LogP contribution is -2.03. The molecule has 16 heavy (non-hydrogen) atoms. The summed E-state index contributed by atoms with van der Waals surface area (Å²) < 4.78 is 0. The van der Waals surface area contributed by atoms with Crippen LogP contribution in [0, 0.1) is 0 Å². The van der Waals surface area contributed by atoms with Gasteiger partial charge in [0.1, 0.15) is 0 Å². The Morgan fingerprint density at radius 1 is 1.12 bits per heavy atom. The molecule has 0 atom stereocenters. The molecule has 0 saturated heterocycles. The van der Waals surface area contributed by atoms with Crippen molar-refractivity contribution in [1.82, 2.24) is 4.98 Å². The Morgan fingerprint density at radius 3 is 2.69 bits per heavy atom. The summed E-state index contributed by atoms with van der Waals surface area (Å²) in [5, 5.41) is 3.31. The molecule has 82 valence electrons. The third kappa shape index (κ3) is 2.81. The number of rotatable bonds is 4. The van der Waals surface area contributed by atoms with E-state index in [2.05, 4.69) is 10.3 Å². The van der Waals surface area contributed by atoms with Gasteiger partial charge in [0.15, 0.2) is 0 Å². The highest BCUT2D eigenvalue weighted by Gasteiger charge is 1.96. The molecule has 0 aliphatic rings. The van der Waals surface area contributed by atoms with Crippen LogP contribution in [-0.2, 0) is 13.1 Å². The summed E-state index contributed by atoms with van der Waals surface area (Å²) in [7, 11) is 0. The zero-order valence-corrected chi connectivity index (χ0v) is 9.06. The SMILES string of the molecule is NCc1ccnc(CNc2ccccc2)c1. The van der Waals surface area contributed by atoms with E-state index in [1.807, 2.05) is 42.5 Å². The highest BCUT2D eigenvalue weighted by Crippen LogP contribution is 2.08. The molecule has 1 aromatic heterocycles. The number of anilines is 1.